The van der Waals surface area contributed by atoms with Gasteiger partial charge in [0.2, 0.25) is 0 Å². The van der Waals surface area contributed by atoms with Crippen LogP contribution in [0.15, 0.2) is 18.2 Å². The van der Waals surface area contributed by atoms with Gasteiger partial charge in [-0.3, -0.25) is 19.3 Å². The van der Waals surface area contributed by atoms with Gasteiger partial charge < -0.3 is 15.0 Å². The Labute approximate surface area is 152 Å². The standard InChI is InChI=1S/C19H23N3O4/c23-17(21-8-2-6-20-7-9-21)13-4-5-15-16(11-13)19(25)22(18(15)24)12-14-3-1-10-26-14/h4-5,11,14,20H,1-3,6-10,12H2. The van der Waals surface area contributed by atoms with E-state index in [0.29, 0.717) is 36.4 Å². The Morgan fingerprint density at radius 2 is 1.96 bits per heavy atom. The van der Waals surface area contributed by atoms with Crippen molar-refractivity contribution in [3.63, 3.8) is 0 Å². The molecule has 3 aliphatic rings. The smallest absolute Gasteiger partial charge is 0.261 e. The molecule has 1 aromatic carbocycles. The average molecular weight is 357 g/mol. The van der Waals surface area contributed by atoms with E-state index in [1.54, 1.807) is 23.1 Å². The Morgan fingerprint density at radius 3 is 2.77 bits per heavy atom. The number of ether oxygens (including phenoxy) is 1. The molecule has 138 valence electrons. The van der Waals surface area contributed by atoms with Crippen LogP contribution in [0.3, 0.4) is 0 Å². The maximum absolute atomic E-state index is 12.8. The van der Waals surface area contributed by atoms with Gasteiger partial charge in [0, 0.05) is 31.8 Å². The average Bonchev–Trinajstić information content (AvgIpc) is 3.13. The zero-order valence-electron chi connectivity index (χ0n) is 14.7. The number of carbonyl (C=O) groups excluding carboxylic acids is 3. The van der Waals surface area contributed by atoms with Gasteiger partial charge in [-0.1, -0.05) is 0 Å². The van der Waals surface area contributed by atoms with Crippen molar-refractivity contribution in [2.45, 2.75) is 25.4 Å². The molecular weight excluding hydrogens is 334 g/mol. The summed E-state index contributed by atoms with van der Waals surface area (Å²) in [5.74, 6) is -0.708. The fraction of sp³-hybridized carbons (Fsp3) is 0.526. The molecule has 1 unspecified atom stereocenters. The lowest BCUT2D eigenvalue weighted by Gasteiger charge is -2.20. The number of hydrogen-bond acceptors (Lipinski definition) is 5. The van der Waals surface area contributed by atoms with E-state index in [1.165, 1.54) is 4.90 Å². The highest BCUT2D eigenvalue weighted by Gasteiger charge is 2.38. The highest BCUT2D eigenvalue weighted by Crippen LogP contribution is 2.26. The predicted octanol–water partition coefficient (Wildman–Crippen LogP) is 0.897. The Hall–Kier alpha value is -2.25. The van der Waals surface area contributed by atoms with Crippen molar-refractivity contribution in [1.82, 2.24) is 15.1 Å². The van der Waals surface area contributed by atoms with Gasteiger partial charge in [0.25, 0.3) is 17.7 Å². The van der Waals surface area contributed by atoms with Crippen LogP contribution in [-0.4, -0.2) is 73.0 Å². The first-order valence-electron chi connectivity index (χ1n) is 9.27. The van der Waals surface area contributed by atoms with Gasteiger partial charge in [-0.2, -0.15) is 0 Å². The van der Waals surface area contributed by atoms with Crippen molar-refractivity contribution in [3.05, 3.63) is 34.9 Å². The maximum Gasteiger partial charge on any atom is 0.261 e. The van der Waals surface area contributed by atoms with Crippen molar-refractivity contribution < 1.29 is 19.1 Å². The van der Waals surface area contributed by atoms with Gasteiger partial charge in [0.1, 0.15) is 0 Å². The summed E-state index contributed by atoms with van der Waals surface area (Å²) in [7, 11) is 0. The molecule has 2 fully saturated rings. The first-order chi connectivity index (χ1) is 12.6. The summed E-state index contributed by atoms with van der Waals surface area (Å²) in [5.41, 5.74) is 1.17. The molecule has 0 aliphatic carbocycles. The van der Waals surface area contributed by atoms with Gasteiger partial charge in [0.15, 0.2) is 0 Å². The lowest BCUT2D eigenvalue weighted by molar-refractivity contribution is 0.0475. The van der Waals surface area contributed by atoms with Crippen molar-refractivity contribution in [2.24, 2.45) is 0 Å². The van der Waals surface area contributed by atoms with E-state index in [1.807, 2.05) is 0 Å². The Bertz CT molecular complexity index is 734. The van der Waals surface area contributed by atoms with E-state index in [0.717, 1.165) is 32.4 Å². The molecule has 2 saturated heterocycles. The van der Waals surface area contributed by atoms with Crippen LogP contribution in [-0.2, 0) is 4.74 Å². The molecule has 0 aromatic heterocycles. The largest absolute Gasteiger partial charge is 0.376 e. The van der Waals surface area contributed by atoms with Crippen LogP contribution in [0.1, 0.15) is 50.3 Å². The van der Waals surface area contributed by atoms with Crippen LogP contribution in [0, 0.1) is 0 Å². The third-order valence-electron chi connectivity index (χ3n) is 5.26. The molecule has 0 radical (unpaired) electrons. The summed E-state index contributed by atoms with van der Waals surface area (Å²) in [6.07, 6.45) is 2.64. The van der Waals surface area contributed by atoms with Crippen LogP contribution in [0.25, 0.3) is 0 Å². The second-order valence-corrected chi connectivity index (χ2v) is 7.01. The van der Waals surface area contributed by atoms with Gasteiger partial charge in [0.05, 0.1) is 23.8 Å². The van der Waals surface area contributed by atoms with Crippen molar-refractivity contribution in [1.29, 1.82) is 0 Å². The molecule has 0 spiro atoms. The summed E-state index contributed by atoms with van der Waals surface area (Å²) in [5, 5.41) is 3.27. The van der Waals surface area contributed by atoms with E-state index in [2.05, 4.69) is 5.32 Å². The molecule has 3 heterocycles. The minimum absolute atomic E-state index is 0.0806. The first kappa shape index (κ1) is 17.2. The summed E-state index contributed by atoms with van der Waals surface area (Å²) < 4.78 is 5.55. The van der Waals surface area contributed by atoms with Crippen molar-refractivity contribution in [2.75, 3.05) is 39.3 Å². The maximum atomic E-state index is 12.8. The molecule has 0 saturated carbocycles. The molecular formula is C19H23N3O4. The molecule has 0 bridgehead atoms. The van der Waals surface area contributed by atoms with Gasteiger partial charge >= 0.3 is 0 Å². The molecule has 4 rings (SSSR count). The molecule has 7 nitrogen and oxygen atoms in total. The predicted molar refractivity (Wildman–Crippen MR) is 94.2 cm³/mol. The third kappa shape index (κ3) is 3.12. The second kappa shape index (κ2) is 7.17. The topological polar surface area (TPSA) is 79.0 Å². The van der Waals surface area contributed by atoms with Gasteiger partial charge in [-0.25, -0.2) is 0 Å². The molecule has 7 heteroatoms. The molecule has 1 aromatic rings. The molecule has 3 amide bonds. The molecule has 26 heavy (non-hydrogen) atoms. The fourth-order valence-electron chi connectivity index (χ4n) is 3.81. The quantitative estimate of drug-likeness (QED) is 0.813. The van der Waals surface area contributed by atoms with Crippen LogP contribution in [0.2, 0.25) is 0 Å². The normalized spacial score (nSPS) is 23.3. The SMILES string of the molecule is O=C(c1ccc2c(c1)C(=O)N(CC1CCCO1)C2=O)N1CCCNCC1. The van der Waals surface area contributed by atoms with Crippen molar-refractivity contribution >= 4 is 17.7 Å². The summed E-state index contributed by atoms with van der Waals surface area (Å²) in [6, 6.07) is 4.83. The monoisotopic (exact) mass is 357 g/mol. The van der Waals surface area contributed by atoms with Crippen LogP contribution >= 0.6 is 0 Å². The number of fused-ring (bicyclic) bond motifs is 1. The molecule has 1 atom stereocenters. The van der Waals surface area contributed by atoms with Crippen LogP contribution in [0.5, 0.6) is 0 Å². The van der Waals surface area contributed by atoms with E-state index in [9.17, 15) is 14.4 Å². The summed E-state index contributed by atoms with van der Waals surface area (Å²) in [6.45, 7) is 3.97. The fourth-order valence-corrected chi connectivity index (χ4v) is 3.81. The zero-order valence-corrected chi connectivity index (χ0v) is 14.7. The Balaban J connectivity index is 1.54. The first-order valence-corrected chi connectivity index (χ1v) is 9.27. The van der Waals surface area contributed by atoms with Gasteiger partial charge in [-0.05, 0) is 44.0 Å². The Kier molecular flexibility index (Phi) is 4.74. The number of hydrogen-bond donors (Lipinski definition) is 1. The number of imide groups is 1. The lowest BCUT2D eigenvalue weighted by atomic mass is 10.0. The summed E-state index contributed by atoms with van der Waals surface area (Å²) in [4.78, 5) is 41.1. The van der Waals surface area contributed by atoms with E-state index in [-0.39, 0.29) is 30.4 Å². The number of rotatable bonds is 3. The van der Waals surface area contributed by atoms with E-state index in [4.69, 9.17) is 4.74 Å². The van der Waals surface area contributed by atoms with Crippen LogP contribution in [0.4, 0.5) is 0 Å². The highest BCUT2D eigenvalue weighted by molar-refractivity contribution is 6.22. The number of benzene rings is 1. The minimum Gasteiger partial charge on any atom is -0.376 e. The van der Waals surface area contributed by atoms with E-state index >= 15 is 0 Å². The Morgan fingerprint density at radius 1 is 1.12 bits per heavy atom. The number of nitrogens with zero attached hydrogens (tertiary/aromatic N) is 2. The molecule has 1 N–H and O–H groups in total. The number of nitrogens with one attached hydrogen (secondary N) is 1. The zero-order chi connectivity index (χ0) is 18.1. The minimum atomic E-state index is -0.326. The van der Waals surface area contributed by atoms with E-state index < -0.39 is 0 Å². The highest BCUT2D eigenvalue weighted by atomic mass is 16.5. The van der Waals surface area contributed by atoms with Crippen LogP contribution < -0.4 is 5.32 Å². The lowest BCUT2D eigenvalue weighted by Crippen LogP contribution is -2.36. The third-order valence-corrected chi connectivity index (χ3v) is 5.26. The summed E-state index contributed by atoms with van der Waals surface area (Å²) >= 11 is 0. The van der Waals surface area contributed by atoms with Crippen molar-refractivity contribution in [3.8, 4) is 0 Å². The number of carbonyl (C=O) groups is 3. The second-order valence-electron chi connectivity index (χ2n) is 7.01. The number of amides is 3. The molecule has 3 aliphatic heterocycles. The van der Waals surface area contributed by atoms with Gasteiger partial charge in [-0.15, -0.1) is 0 Å².